The Balaban J connectivity index is 2.04. The molecule has 0 fully saturated rings. The Hall–Kier alpha value is -4.01. The fourth-order valence-electron chi connectivity index (χ4n) is 3.37. The van der Waals surface area contributed by atoms with E-state index in [1.807, 2.05) is 0 Å². The Morgan fingerprint density at radius 3 is 2.38 bits per heavy atom. The Kier molecular flexibility index (Phi) is 6.99. The van der Waals surface area contributed by atoms with Gasteiger partial charge in [-0.3, -0.25) is 0 Å². The van der Waals surface area contributed by atoms with Crippen LogP contribution >= 0.6 is 0 Å². The Morgan fingerprint density at radius 1 is 1.03 bits per heavy atom. The molecule has 0 spiro atoms. The van der Waals surface area contributed by atoms with Gasteiger partial charge in [0, 0.05) is 5.56 Å². The lowest BCUT2D eigenvalue weighted by Crippen LogP contribution is -2.29. The Morgan fingerprint density at radius 2 is 1.72 bits per heavy atom. The number of carboxylic acid groups (broad SMARTS) is 1. The van der Waals surface area contributed by atoms with Gasteiger partial charge in [-0.2, -0.15) is 0 Å². The third-order valence-corrected chi connectivity index (χ3v) is 4.71. The third kappa shape index (κ3) is 5.18. The molecule has 0 saturated carbocycles. The van der Waals surface area contributed by atoms with Gasteiger partial charge in [0.15, 0.2) is 0 Å². The minimum atomic E-state index is -1.53. The number of halogens is 1. The summed E-state index contributed by atoms with van der Waals surface area (Å²) in [6.45, 7) is 3.37. The zero-order valence-corrected chi connectivity index (χ0v) is 17.7. The number of hydrogen-bond acceptors (Lipinski definition) is 7. The molecule has 1 aliphatic rings. The first kappa shape index (κ1) is 22.7. The maximum atomic E-state index is 13.5. The van der Waals surface area contributed by atoms with Crippen LogP contribution in [0.3, 0.4) is 0 Å². The van der Waals surface area contributed by atoms with Crippen LogP contribution in [0.5, 0.6) is 5.75 Å². The minimum absolute atomic E-state index is 0.0174. The largest absolute Gasteiger partial charge is 0.513 e. The van der Waals surface area contributed by atoms with E-state index in [4.69, 9.17) is 14.2 Å². The van der Waals surface area contributed by atoms with Crippen molar-refractivity contribution in [3.05, 3.63) is 88.4 Å². The van der Waals surface area contributed by atoms with Gasteiger partial charge in [-0.05, 0) is 37.6 Å². The van der Waals surface area contributed by atoms with E-state index in [1.165, 1.54) is 12.1 Å². The number of ether oxygens (including phenoxy) is 4. The average Bonchev–Trinajstić information content (AvgIpc) is 2.75. The van der Waals surface area contributed by atoms with Crippen LogP contribution in [0.2, 0.25) is 0 Å². The second-order valence-electron chi connectivity index (χ2n) is 6.92. The molecule has 1 atom stereocenters. The zero-order valence-electron chi connectivity index (χ0n) is 17.7. The lowest BCUT2D eigenvalue weighted by Gasteiger charge is -2.30. The van der Waals surface area contributed by atoms with E-state index in [9.17, 15) is 19.1 Å². The van der Waals surface area contributed by atoms with Gasteiger partial charge in [0.05, 0.1) is 18.5 Å². The Labute approximate surface area is 183 Å². The molecule has 0 bridgehead atoms. The lowest BCUT2D eigenvalue weighted by molar-refractivity contribution is 0.0845. The third-order valence-electron chi connectivity index (χ3n) is 4.71. The van der Waals surface area contributed by atoms with E-state index in [0.717, 1.165) is 7.11 Å². The van der Waals surface area contributed by atoms with Gasteiger partial charge >= 0.3 is 12.3 Å². The standard InChI is InChI=1S/C23H22FNO7/c1-13-20(31-22(26)27)19(21(14(2)25-13)32-23(28)29-3)17-9-4-5-10-18(17)30-12-15-7-6-8-16(24)11-15/h4-11,19,25H,12H2,1-3H3,(H,26,27). The van der Waals surface area contributed by atoms with Gasteiger partial charge in [0.1, 0.15) is 35.6 Å². The summed E-state index contributed by atoms with van der Waals surface area (Å²) in [6.07, 6.45) is -2.50. The van der Waals surface area contributed by atoms with Gasteiger partial charge in [-0.15, -0.1) is 0 Å². The summed E-state index contributed by atoms with van der Waals surface area (Å²) in [5.41, 5.74) is 1.98. The molecule has 2 N–H and O–H groups in total. The molecule has 2 aromatic rings. The highest BCUT2D eigenvalue weighted by Gasteiger charge is 2.36. The van der Waals surface area contributed by atoms with Crippen LogP contribution in [0.25, 0.3) is 0 Å². The van der Waals surface area contributed by atoms with Crippen molar-refractivity contribution >= 4 is 12.3 Å². The first-order chi connectivity index (χ1) is 15.3. The van der Waals surface area contributed by atoms with Crippen LogP contribution in [-0.2, 0) is 20.8 Å². The highest BCUT2D eigenvalue weighted by molar-refractivity contribution is 5.64. The molecular formula is C23H22FNO7. The molecule has 0 aromatic heterocycles. The summed E-state index contributed by atoms with van der Waals surface area (Å²) >= 11 is 0. The van der Waals surface area contributed by atoms with Crippen molar-refractivity contribution in [2.24, 2.45) is 0 Å². The second-order valence-corrected chi connectivity index (χ2v) is 6.92. The average molecular weight is 443 g/mol. The van der Waals surface area contributed by atoms with Crippen LogP contribution in [0.1, 0.15) is 30.9 Å². The maximum absolute atomic E-state index is 13.5. The summed E-state index contributed by atoms with van der Waals surface area (Å²) in [5.74, 6) is -0.818. The van der Waals surface area contributed by atoms with E-state index < -0.39 is 18.2 Å². The first-order valence-electron chi connectivity index (χ1n) is 9.61. The van der Waals surface area contributed by atoms with Crippen molar-refractivity contribution < 1.29 is 38.0 Å². The second kappa shape index (κ2) is 9.86. The van der Waals surface area contributed by atoms with Crippen LogP contribution in [-0.4, -0.2) is 24.5 Å². The molecule has 168 valence electrons. The van der Waals surface area contributed by atoms with Gasteiger partial charge in [-0.25, -0.2) is 14.0 Å². The normalized spacial score (nSPS) is 15.7. The molecule has 32 heavy (non-hydrogen) atoms. The number of nitrogens with one attached hydrogen (secondary N) is 1. The quantitative estimate of drug-likeness (QED) is 0.599. The molecule has 0 aliphatic carbocycles. The summed E-state index contributed by atoms with van der Waals surface area (Å²) in [5, 5.41) is 12.2. The first-order valence-corrected chi connectivity index (χ1v) is 9.61. The zero-order chi connectivity index (χ0) is 23.3. The highest BCUT2D eigenvalue weighted by Crippen LogP contribution is 2.43. The lowest BCUT2D eigenvalue weighted by atomic mass is 9.90. The molecule has 1 heterocycles. The van der Waals surface area contributed by atoms with Gasteiger partial charge < -0.3 is 29.4 Å². The molecule has 3 rings (SSSR count). The number of methoxy groups -OCH3 is 1. The van der Waals surface area contributed by atoms with Crippen LogP contribution in [0.15, 0.2) is 71.4 Å². The topological polar surface area (TPSA) is 103 Å². The minimum Gasteiger partial charge on any atom is -0.489 e. The van der Waals surface area contributed by atoms with Crippen LogP contribution in [0.4, 0.5) is 14.0 Å². The number of allylic oxidation sites excluding steroid dienone is 2. The maximum Gasteiger partial charge on any atom is 0.513 e. The molecule has 0 saturated heterocycles. The summed E-state index contributed by atoms with van der Waals surface area (Å²) < 4.78 is 34.5. The van der Waals surface area contributed by atoms with Crippen molar-refractivity contribution in [2.45, 2.75) is 26.4 Å². The highest BCUT2D eigenvalue weighted by atomic mass is 19.1. The van der Waals surface area contributed by atoms with Crippen molar-refractivity contribution in [1.29, 1.82) is 0 Å². The van der Waals surface area contributed by atoms with Crippen molar-refractivity contribution in [2.75, 3.05) is 7.11 Å². The van der Waals surface area contributed by atoms with Crippen molar-refractivity contribution in [3.8, 4) is 5.75 Å². The Bertz CT molecular complexity index is 1090. The number of dihydropyridines is 1. The monoisotopic (exact) mass is 443 g/mol. The summed E-state index contributed by atoms with van der Waals surface area (Å²) in [7, 11) is 1.16. The molecule has 2 aromatic carbocycles. The fraction of sp³-hybridized carbons (Fsp3) is 0.217. The van der Waals surface area contributed by atoms with Crippen molar-refractivity contribution in [3.63, 3.8) is 0 Å². The van der Waals surface area contributed by atoms with E-state index in [0.29, 0.717) is 28.3 Å². The number of hydrogen-bond donors (Lipinski definition) is 2. The number of carbonyl (C=O) groups is 2. The van der Waals surface area contributed by atoms with Crippen molar-refractivity contribution in [1.82, 2.24) is 5.32 Å². The molecule has 8 nitrogen and oxygen atoms in total. The van der Waals surface area contributed by atoms with Crippen LogP contribution in [0, 0.1) is 5.82 Å². The molecule has 9 heteroatoms. The number of rotatable bonds is 6. The number of carbonyl (C=O) groups excluding carboxylic acids is 1. The summed E-state index contributed by atoms with van der Waals surface area (Å²) in [4.78, 5) is 23.3. The summed E-state index contributed by atoms with van der Waals surface area (Å²) in [6, 6.07) is 12.8. The molecular weight excluding hydrogens is 421 g/mol. The van der Waals surface area contributed by atoms with Gasteiger partial charge in [0.25, 0.3) is 0 Å². The molecule has 1 unspecified atom stereocenters. The van der Waals surface area contributed by atoms with Crippen LogP contribution < -0.4 is 10.1 Å². The van der Waals surface area contributed by atoms with E-state index >= 15 is 0 Å². The van der Waals surface area contributed by atoms with Gasteiger partial charge in [0.2, 0.25) is 0 Å². The molecule has 0 amide bonds. The van der Waals surface area contributed by atoms with E-state index in [2.05, 4.69) is 10.1 Å². The van der Waals surface area contributed by atoms with Gasteiger partial charge in [-0.1, -0.05) is 30.3 Å². The smallest absolute Gasteiger partial charge is 0.489 e. The number of para-hydroxylation sites is 1. The predicted molar refractivity (Wildman–Crippen MR) is 111 cm³/mol. The molecule has 0 radical (unpaired) electrons. The predicted octanol–water partition coefficient (Wildman–Crippen LogP) is 5.03. The van der Waals surface area contributed by atoms with E-state index in [-0.39, 0.29) is 23.9 Å². The SMILES string of the molecule is COC(=O)OC1=C(C)NC(C)=C(OC(=O)O)C1c1ccccc1OCc1cccc(F)c1. The fourth-order valence-corrected chi connectivity index (χ4v) is 3.37. The van der Waals surface area contributed by atoms with E-state index in [1.54, 1.807) is 50.2 Å². The molecule has 1 aliphatic heterocycles. The number of benzene rings is 2.